The molecule has 1 aromatic carbocycles. The predicted octanol–water partition coefficient (Wildman–Crippen LogP) is 1.99. The topological polar surface area (TPSA) is 75.8 Å². The van der Waals surface area contributed by atoms with Crippen molar-refractivity contribution in [2.75, 3.05) is 20.2 Å². The van der Waals surface area contributed by atoms with Crippen LogP contribution in [0.1, 0.15) is 19.4 Å². The average molecular weight is 266 g/mol. The Morgan fingerprint density at radius 1 is 1.32 bits per heavy atom. The molecule has 1 rings (SSSR count). The smallest absolute Gasteiger partial charge is 0.328 e. The lowest BCUT2D eigenvalue weighted by molar-refractivity contribution is -0.131. The average Bonchev–Trinajstić information content (AvgIpc) is 2.45. The van der Waals surface area contributed by atoms with Gasteiger partial charge in [0.2, 0.25) is 0 Å². The van der Waals surface area contributed by atoms with Crippen molar-refractivity contribution in [3.05, 3.63) is 35.9 Å². The highest BCUT2D eigenvalue weighted by Gasteiger charge is 1.91. The molecule has 0 atom stereocenters. The summed E-state index contributed by atoms with van der Waals surface area (Å²) in [5.74, 6) is 5.11. The first kappa shape index (κ1) is 17.2. The van der Waals surface area contributed by atoms with Crippen molar-refractivity contribution < 1.29 is 14.6 Å². The van der Waals surface area contributed by atoms with Gasteiger partial charge in [0.05, 0.1) is 7.11 Å². The van der Waals surface area contributed by atoms with Crippen LogP contribution in [0, 0.1) is 0 Å². The molecule has 0 fully saturated rings. The lowest BCUT2D eigenvalue weighted by Gasteiger charge is -2.07. The Balaban J connectivity index is 0.000000459. The Morgan fingerprint density at radius 3 is 2.16 bits per heavy atom. The molecule has 1 aromatic rings. The number of carboxylic acid groups (broad SMARTS) is 1. The van der Waals surface area contributed by atoms with E-state index in [1.54, 1.807) is 36.4 Å². The molecule has 0 radical (unpaired) electrons. The number of benzene rings is 1. The first-order chi connectivity index (χ1) is 9.03. The van der Waals surface area contributed by atoms with Gasteiger partial charge in [-0.05, 0) is 23.8 Å². The van der Waals surface area contributed by atoms with Crippen LogP contribution >= 0.6 is 0 Å². The number of hydrogen-bond acceptors (Lipinski definition) is 4. The third kappa shape index (κ3) is 8.82. The fraction of sp³-hybridized carbons (Fsp3) is 0.357. The summed E-state index contributed by atoms with van der Waals surface area (Å²) in [5.41, 5.74) is 0.836. The third-order valence-electron chi connectivity index (χ3n) is 2.35. The molecule has 0 aliphatic carbocycles. The van der Waals surface area contributed by atoms with Crippen molar-refractivity contribution in [3.63, 3.8) is 0 Å². The van der Waals surface area contributed by atoms with E-state index < -0.39 is 5.97 Å². The minimum Gasteiger partial charge on any atom is -0.497 e. The Morgan fingerprint density at radius 2 is 1.84 bits per heavy atom. The molecule has 0 spiro atoms. The summed E-state index contributed by atoms with van der Waals surface area (Å²) in [6.45, 7) is 5.94. The molecule has 0 aliphatic heterocycles. The van der Waals surface area contributed by atoms with Gasteiger partial charge in [-0.1, -0.05) is 26.0 Å². The highest BCUT2D eigenvalue weighted by Crippen LogP contribution is 2.11. The summed E-state index contributed by atoms with van der Waals surface area (Å²) in [6, 6.07) is 7.14. The van der Waals surface area contributed by atoms with E-state index in [-0.39, 0.29) is 0 Å². The van der Waals surface area contributed by atoms with E-state index in [4.69, 9.17) is 15.7 Å². The van der Waals surface area contributed by atoms with Crippen molar-refractivity contribution in [1.29, 1.82) is 0 Å². The second kappa shape index (κ2) is 10.1. The summed E-state index contributed by atoms with van der Waals surface area (Å²) in [5, 5.41) is 10.1. The van der Waals surface area contributed by atoms with E-state index in [2.05, 4.69) is 0 Å². The first-order valence-electron chi connectivity index (χ1n) is 6.08. The monoisotopic (exact) mass is 266 g/mol. The van der Waals surface area contributed by atoms with Gasteiger partial charge in [-0.15, -0.1) is 0 Å². The largest absolute Gasteiger partial charge is 0.497 e. The van der Waals surface area contributed by atoms with Crippen LogP contribution in [0.25, 0.3) is 6.08 Å². The number of methoxy groups -OCH3 is 1. The summed E-state index contributed by atoms with van der Waals surface area (Å²) in [4.78, 5) is 10.2. The van der Waals surface area contributed by atoms with Crippen LogP contribution in [0.4, 0.5) is 0 Å². The molecule has 5 heteroatoms. The Kier molecular flexibility index (Phi) is 9.12. The Hall–Kier alpha value is -1.85. The third-order valence-corrected chi connectivity index (χ3v) is 2.35. The van der Waals surface area contributed by atoms with E-state index in [1.807, 2.05) is 13.8 Å². The quantitative estimate of drug-likeness (QED) is 0.484. The zero-order valence-corrected chi connectivity index (χ0v) is 11.7. The second-order valence-corrected chi connectivity index (χ2v) is 3.67. The number of nitrogens with zero attached hydrogens (tertiary/aromatic N) is 1. The van der Waals surface area contributed by atoms with Crippen LogP contribution in [0.3, 0.4) is 0 Å². The van der Waals surface area contributed by atoms with Crippen molar-refractivity contribution in [2.45, 2.75) is 13.8 Å². The van der Waals surface area contributed by atoms with Crippen LogP contribution in [0.5, 0.6) is 5.75 Å². The maximum absolute atomic E-state index is 10.2. The second-order valence-electron chi connectivity index (χ2n) is 3.67. The van der Waals surface area contributed by atoms with E-state index in [1.165, 1.54) is 6.08 Å². The summed E-state index contributed by atoms with van der Waals surface area (Å²) in [7, 11) is 1.59. The molecule has 0 amide bonds. The number of carboxylic acids is 1. The molecule has 0 saturated heterocycles. The molecular weight excluding hydrogens is 244 g/mol. The van der Waals surface area contributed by atoms with Gasteiger partial charge in [-0.2, -0.15) is 0 Å². The molecule has 0 aliphatic rings. The van der Waals surface area contributed by atoms with Gasteiger partial charge in [-0.3, -0.25) is 5.84 Å². The molecular formula is C14H22N2O3. The molecule has 0 unspecified atom stereocenters. The van der Waals surface area contributed by atoms with Gasteiger partial charge >= 0.3 is 5.97 Å². The standard InChI is InChI=1S/C10H10O3.C4H12N2/c1-13-9-5-2-8(3-6-9)4-7-10(11)12;1-3-6(5)4-2/h2-7H,1H3,(H,11,12);3-5H2,1-2H3. The normalized spacial score (nSPS) is 10.2. The van der Waals surface area contributed by atoms with E-state index in [9.17, 15) is 4.79 Å². The number of carbonyl (C=O) groups is 1. The van der Waals surface area contributed by atoms with E-state index in [0.29, 0.717) is 0 Å². The number of hydrazine groups is 1. The van der Waals surface area contributed by atoms with Gasteiger partial charge in [-0.25, -0.2) is 9.80 Å². The molecule has 5 nitrogen and oxygen atoms in total. The predicted molar refractivity (Wildman–Crippen MR) is 76.8 cm³/mol. The highest BCUT2D eigenvalue weighted by molar-refractivity contribution is 5.85. The maximum atomic E-state index is 10.2. The van der Waals surface area contributed by atoms with Crippen LogP contribution < -0.4 is 10.6 Å². The minimum atomic E-state index is -0.948. The molecule has 106 valence electrons. The molecule has 3 N–H and O–H groups in total. The van der Waals surface area contributed by atoms with Crippen molar-refractivity contribution in [1.82, 2.24) is 5.01 Å². The fourth-order valence-electron chi connectivity index (χ4n) is 1.11. The van der Waals surface area contributed by atoms with Crippen molar-refractivity contribution in [2.24, 2.45) is 5.84 Å². The zero-order chi connectivity index (χ0) is 14.7. The van der Waals surface area contributed by atoms with Gasteiger partial charge in [0.1, 0.15) is 5.75 Å². The number of ether oxygens (including phenoxy) is 1. The lowest BCUT2D eigenvalue weighted by atomic mass is 10.2. The van der Waals surface area contributed by atoms with E-state index >= 15 is 0 Å². The SMILES string of the molecule is CCN(N)CC.COc1ccc(C=CC(=O)O)cc1. The summed E-state index contributed by atoms with van der Waals surface area (Å²) >= 11 is 0. The zero-order valence-electron chi connectivity index (χ0n) is 11.7. The summed E-state index contributed by atoms with van der Waals surface area (Å²) in [6.07, 6.45) is 2.63. The number of nitrogens with two attached hydrogens (primary N) is 1. The van der Waals surface area contributed by atoms with Gasteiger partial charge in [0.15, 0.2) is 0 Å². The molecule has 0 bridgehead atoms. The molecule has 0 heterocycles. The molecule has 19 heavy (non-hydrogen) atoms. The summed E-state index contributed by atoms with van der Waals surface area (Å²) < 4.78 is 4.95. The lowest BCUT2D eigenvalue weighted by Crippen LogP contribution is -2.29. The van der Waals surface area contributed by atoms with Crippen LogP contribution in [-0.2, 0) is 4.79 Å². The van der Waals surface area contributed by atoms with E-state index in [0.717, 1.165) is 30.5 Å². The highest BCUT2D eigenvalue weighted by atomic mass is 16.5. The van der Waals surface area contributed by atoms with Crippen LogP contribution in [0.2, 0.25) is 0 Å². The first-order valence-corrected chi connectivity index (χ1v) is 6.08. The molecule has 0 saturated carbocycles. The number of rotatable bonds is 5. The number of hydrogen-bond donors (Lipinski definition) is 2. The fourth-order valence-corrected chi connectivity index (χ4v) is 1.11. The van der Waals surface area contributed by atoms with Crippen molar-refractivity contribution >= 4 is 12.0 Å². The van der Waals surface area contributed by atoms with Crippen molar-refractivity contribution in [3.8, 4) is 5.75 Å². The van der Waals surface area contributed by atoms with Gasteiger partial charge in [0, 0.05) is 19.2 Å². The van der Waals surface area contributed by atoms with Gasteiger partial charge < -0.3 is 9.84 Å². The van der Waals surface area contributed by atoms with Crippen LogP contribution in [0.15, 0.2) is 30.3 Å². The maximum Gasteiger partial charge on any atom is 0.328 e. The minimum absolute atomic E-state index is 0.757. The van der Waals surface area contributed by atoms with Gasteiger partial charge in [0.25, 0.3) is 0 Å². The van der Waals surface area contributed by atoms with Crippen LogP contribution in [-0.4, -0.2) is 36.3 Å². The Bertz CT molecular complexity index is 384. The Labute approximate surface area is 114 Å². The molecule has 0 aromatic heterocycles. The number of aliphatic carboxylic acids is 1.